The number of nitrogens with one attached hydrogen (secondary N) is 3. The lowest BCUT2D eigenvalue weighted by atomic mass is 10.0. The number of hydrogen-bond donors (Lipinski definition) is 3. The molecule has 4 atom stereocenters. The Morgan fingerprint density at radius 3 is 1.75 bits per heavy atom. The summed E-state index contributed by atoms with van der Waals surface area (Å²) in [6.07, 6.45) is 1.28. The highest BCUT2D eigenvalue weighted by Gasteiger charge is 2.39. The molecule has 1 saturated heterocycles. The maximum atomic E-state index is 14.4. The minimum atomic E-state index is -1.18. The Hall–Kier alpha value is -6.50. The van der Waals surface area contributed by atoms with E-state index in [-0.39, 0.29) is 32.5 Å². The molecule has 4 aromatic carbocycles. The molecule has 13 nitrogen and oxygen atoms in total. The molecule has 0 unspecified atom stereocenters. The SMILES string of the molecule is CC(C)(C)OC(=O)N[C@@H](CCCCOC(=O)c1ccccc1)C(=O)N[C@H](Cc1ccccc1)C(=O)N[C@@H](Cc1ccccc1)C(=O)N1CCC[C@@H]1C(=O)OCc1ccccc1. The fourth-order valence-electron chi connectivity index (χ4n) is 6.95. The number of unbranched alkanes of at least 4 members (excludes halogenated alkanes) is 1. The van der Waals surface area contributed by atoms with E-state index in [0.717, 1.165) is 16.7 Å². The Morgan fingerprint density at radius 2 is 1.16 bits per heavy atom. The Labute approximate surface area is 357 Å². The van der Waals surface area contributed by atoms with E-state index in [9.17, 15) is 28.8 Å². The lowest BCUT2D eigenvalue weighted by Gasteiger charge is -2.30. The lowest BCUT2D eigenvalue weighted by molar-refractivity contribution is -0.155. The molecule has 1 aliphatic heterocycles. The first kappa shape index (κ1) is 45.6. The van der Waals surface area contributed by atoms with Gasteiger partial charge >= 0.3 is 18.0 Å². The number of amides is 4. The number of benzene rings is 4. The van der Waals surface area contributed by atoms with Crippen molar-refractivity contribution in [2.75, 3.05) is 13.2 Å². The molecule has 5 rings (SSSR count). The van der Waals surface area contributed by atoms with E-state index in [1.54, 1.807) is 51.1 Å². The van der Waals surface area contributed by atoms with E-state index in [0.29, 0.717) is 37.8 Å². The predicted octanol–water partition coefficient (Wildman–Crippen LogP) is 6.10. The second kappa shape index (κ2) is 22.8. The van der Waals surface area contributed by atoms with E-state index in [1.165, 1.54) is 4.90 Å². The zero-order valence-electron chi connectivity index (χ0n) is 35.0. The van der Waals surface area contributed by atoms with Gasteiger partial charge in [-0.2, -0.15) is 0 Å². The van der Waals surface area contributed by atoms with E-state index >= 15 is 0 Å². The summed E-state index contributed by atoms with van der Waals surface area (Å²) in [7, 11) is 0. The number of esters is 2. The molecule has 1 aliphatic rings. The standard InChI is InChI=1S/C48H56N4O9/c1-48(2,3)61-47(58)51-38(27-16-17-30-59-45(56)37-25-14-7-15-26-37)42(53)49-39(31-34-19-8-4-9-20-34)43(54)50-40(32-35-21-10-5-11-22-35)44(55)52-29-18-28-41(52)46(57)60-33-36-23-12-6-13-24-36/h4-15,19-26,38-41H,16-18,27-33H2,1-3H3,(H,49,53)(H,50,54)(H,51,58)/t38-,39+,40-,41+/m0/s1. The van der Waals surface area contributed by atoms with Crippen molar-refractivity contribution in [3.8, 4) is 0 Å². The molecule has 13 heteroatoms. The van der Waals surface area contributed by atoms with Gasteiger partial charge in [-0.05, 0) is 81.7 Å². The first-order valence-electron chi connectivity index (χ1n) is 20.8. The van der Waals surface area contributed by atoms with Gasteiger partial charge in [-0.1, -0.05) is 109 Å². The Balaban J connectivity index is 1.32. The van der Waals surface area contributed by atoms with Crippen LogP contribution < -0.4 is 16.0 Å². The van der Waals surface area contributed by atoms with Crippen LogP contribution in [0.3, 0.4) is 0 Å². The van der Waals surface area contributed by atoms with E-state index in [4.69, 9.17) is 14.2 Å². The number of nitrogens with zero attached hydrogens (tertiary/aromatic N) is 1. The third-order valence-electron chi connectivity index (χ3n) is 9.98. The number of rotatable bonds is 19. The number of carbonyl (C=O) groups is 6. The highest BCUT2D eigenvalue weighted by atomic mass is 16.6. The molecule has 0 aromatic heterocycles. The highest BCUT2D eigenvalue weighted by Crippen LogP contribution is 2.22. The summed E-state index contributed by atoms with van der Waals surface area (Å²) < 4.78 is 16.5. The molecule has 1 fully saturated rings. The number of alkyl carbamates (subject to hydrolysis) is 1. The van der Waals surface area contributed by atoms with Gasteiger partial charge in [0.05, 0.1) is 12.2 Å². The summed E-state index contributed by atoms with van der Waals surface area (Å²) in [5.41, 5.74) is 1.92. The number of likely N-dealkylation sites (tertiary alicyclic amines) is 1. The van der Waals surface area contributed by atoms with Crippen LogP contribution in [0.4, 0.5) is 4.79 Å². The molecule has 322 valence electrons. The summed E-state index contributed by atoms with van der Waals surface area (Å²) in [6, 6.07) is 32.0. The van der Waals surface area contributed by atoms with Gasteiger partial charge in [0.25, 0.3) is 0 Å². The maximum absolute atomic E-state index is 14.4. The molecule has 0 spiro atoms. The number of ether oxygens (including phenoxy) is 3. The molecular weight excluding hydrogens is 777 g/mol. The van der Waals surface area contributed by atoms with Crippen molar-refractivity contribution in [2.45, 2.75) is 102 Å². The van der Waals surface area contributed by atoms with Gasteiger partial charge < -0.3 is 35.1 Å². The average Bonchev–Trinajstić information content (AvgIpc) is 3.75. The van der Waals surface area contributed by atoms with Crippen LogP contribution in [0.2, 0.25) is 0 Å². The second-order valence-electron chi connectivity index (χ2n) is 16.0. The molecule has 3 N–H and O–H groups in total. The summed E-state index contributed by atoms with van der Waals surface area (Å²) in [4.78, 5) is 83.3. The van der Waals surface area contributed by atoms with Gasteiger partial charge in [0.1, 0.15) is 36.4 Å². The minimum absolute atomic E-state index is 0.0642. The van der Waals surface area contributed by atoms with Crippen LogP contribution in [-0.2, 0) is 52.8 Å². The third kappa shape index (κ3) is 14.9. The molecule has 61 heavy (non-hydrogen) atoms. The van der Waals surface area contributed by atoms with Crippen LogP contribution in [-0.4, -0.2) is 83.6 Å². The second-order valence-corrected chi connectivity index (χ2v) is 16.0. The van der Waals surface area contributed by atoms with Gasteiger partial charge in [-0.3, -0.25) is 14.4 Å². The van der Waals surface area contributed by atoms with Crippen molar-refractivity contribution in [1.82, 2.24) is 20.9 Å². The van der Waals surface area contributed by atoms with Crippen molar-refractivity contribution in [1.29, 1.82) is 0 Å². The Morgan fingerprint density at radius 1 is 0.639 bits per heavy atom. The zero-order valence-corrected chi connectivity index (χ0v) is 35.0. The monoisotopic (exact) mass is 832 g/mol. The molecule has 0 bridgehead atoms. The molecule has 1 heterocycles. The minimum Gasteiger partial charge on any atom is -0.462 e. The Kier molecular flexibility index (Phi) is 17.0. The van der Waals surface area contributed by atoms with Crippen molar-refractivity contribution in [3.05, 3.63) is 144 Å². The lowest BCUT2D eigenvalue weighted by Crippen LogP contribution is -2.59. The number of carbonyl (C=O) groups excluding carboxylic acids is 6. The quantitative estimate of drug-likeness (QED) is 0.0575. The van der Waals surface area contributed by atoms with Crippen molar-refractivity contribution in [2.24, 2.45) is 0 Å². The largest absolute Gasteiger partial charge is 0.462 e. The molecule has 4 aromatic rings. The molecular formula is C48H56N4O9. The van der Waals surface area contributed by atoms with E-state index in [1.807, 2.05) is 91.0 Å². The topological polar surface area (TPSA) is 169 Å². The summed E-state index contributed by atoms with van der Waals surface area (Å²) in [5.74, 6) is -2.71. The van der Waals surface area contributed by atoms with E-state index in [2.05, 4.69) is 16.0 Å². The van der Waals surface area contributed by atoms with Gasteiger partial charge in [0.2, 0.25) is 17.7 Å². The average molecular weight is 833 g/mol. The number of hydrogen-bond acceptors (Lipinski definition) is 9. The van der Waals surface area contributed by atoms with Crippen molar-refractivity contribution in [3.63, 3.8) is 0 Å². The van der Waals surface area contributed by atoms with Gasteiger partial charge in [-0.25, -0.2) is 14.4 Å². The summed E-state index contributed by atoms with van der Waals surface area (Å²) in [6.45, 7) is 5.57. The molecule has 0 saturated carbocycles. The normalized spacial score (nSPS) is 15.1. The van der Waals surface area contributed by atoms with Crippen LogP contribution >= 0.6 is 0 Å². The first-order valence-corrected chi connectivity index (χ1v) is 20.8. The first-order chi connectivity index (χ1) is 29.4. The van der Waals surface area contributed by atoms with Crippen LogP contribution in [0.15, 0.2) is 121 Å². The summed E-state index contributed by atoms with van der Waals surface area (Å²) in [5, 5.41) is 8.42. The van der Waals surface area contributed by atoms with Gasteiger partial charge in [0.15, 0.2) is 0 Å². The van der Waals surface area contributed by atoms with Crippen molar-refractivity contribution < 1.29 is 43.0 Å². The molecule has 0 radical (unpaired) electrons. The zero-order chi connectivity index (χ0) is 43.6. The molecule has 4 amide bonds. The van der Waals surface area contributed by atoms with Crippen LogP contribution in [0.5, 0.6) is 0 Å². The smallest absolute Gasteiger partial charge is 0.408 e. The highest BCUT2D eigenvalue weighted by molar-refractivity contribution is 5.95. The summed E-state index contributed by atoms with van der Waals surface area (Å²) >= 11 is 0. The van der Waals surface area contributed by atoms with E-state index < -0.39 is 65.5 Å². The third-order valence-corrected chi connectivity index (χ3v) is 9.98. The fraction of sp³-hybridized carbons (Fsp3) is 0.375. The van der Waals surface area contributed by atoms with Crippen molar-refractivity contribution >= 4 is 35.8 Å². The van der Waals surface area contributed by atoms with Crippen LogP contribution in [0, 0.1) is 0 Å². The fourth-order valence-corrected chi connectivity index (χ4v) is 6.95. The van der Waals surface area contributed by atoms with Gasteiger partial charge in [0, 0.05) is 19.4 Å². The Bertz CT molecular complexity index is 2040. The van der Waals surface area contributed by atoms with Gasteiger partial charge in [-0.15, -0.1) is 0 Å². The maximum Gasteiger partial charge on any atom is 0.408 e. The predicted molar refractivity (Wildman–Crippen MR) is 229 cm³/mol. The molecule has 0 aliphatic carbocycles. The van der Waals surface area contributed by atoms with Crippen LogP contribution in [0.25, 0.3) is 0 Å². The van der Waals surface area contributed by atoms with Crippen LogP contribution in [0.1, 0.15) is 79.9 Å².